The third-order valence-electron chi connectivity index (χ3n) is 2.88. The Morgan fingerprint density at radius 3 is 2.55 bits per heavy atom. The minimum Gasteiger partial charge on any atom is -0.480 e. The molecule has 1 heterocycles. The fourth-order valence-electron chi connectivity index (χ4n) is 1.86. The quantitative estimate of drug-likeness (QED) is 0.872. The summed E-state index contributed by atoms with van der Waals surface area (Å²) in [5.74, 6) is -1.19. The van der Waals surface area contributed by atoms with E-state index in [1.807, 2.05) is 6.92 Å². The van der Waals surface area contributed by atoms with Crippen molar-refractivity contribution < 1.29 is 19.5 Å². The number of anilines is 1. The fraction of sp³-hybridized carbons (Fsp3) is 0.308. The first-order chi connectivity index (χ1) is 9.47. The van der Waals surface area contributed by atoms with Crippen LogP contribution in [-0.4, -0.2) is 40.6 Å². The molecule has 0 radical (unpaired) electrons. The summed E-state index contributed by atoms with van der Waals surface area (Å²) in [5, 5.41) is 11.2. The number of aryl methyl sites for hydroxylation is 1. The van der Waals surface area contributed by atoms with Gasteiger partial charge >= 0.3 is 5.97 Å². The zero-order valence-corrected chi connectivity index (χ0v) is 11.6. The first kappa shape index (κ1) is 14.4. The Bertz CT molecular complexity index is 544. The van der Waals surface area contributed by atoms with Gasteiger partial charge in [-0.05, 0) is 19.1 Å². The second kappa shape index (κ2) is 5.96. The zero-order chi connectivity index (χ0) is 14.7. The molecule has 2 N–H and O–H groups in total. The lowest BCUT2D eigenvalue weighted by Gasteiger charge is -2.23. The lowest BCUT2D eigenvalue weighted by molar-refractivity contribution is -0.136. The van der Waals surface area contributed by atoms with Crippen molar-refractivity contribution in [2.24, 2.45) is 0 Å². The Balaban J connectivity index is 2.22. The highest BCUT2D eigenvalue weighted by Crippen LogP contribution is 2.20. The molecule has 1 unspecified atom stereocenters. The van der Waals surface area contributed by atoms with Crippen LogP contribution in [-0.2, 0) is 9.59 Å². The van der Waals surface area contributed by atoms with Crippen LogP contribution in [0, 0.1) is 6.92 Å². The Labute approximate surface area is 120 Å². The standard InChI is InChI=1S/C13H14N2O4S/c1-8-2-4-9(5-3-8)15(6-11(16)17)12(18)10-7-20-13(19)14-10/h2-5,10H,6-7H2,1H3,(H,14,19)(H,16,17). The van der Waals surface area contributed by atoms with Crippen LogP contribution in [0.3, 0.4) is 0 Å². The molecule has 106 valence electrons. The molecule has 1 aromatic carbocycles. The molecule has 1 saturated heterocycles. The van der Waals surface area contributed by atoms with E-state index in [0.717, 1.165) is 17.3 Å². The van der Waals surface area contributed by atoms with E-state index < -0.39 is 24.5 Å². The number of carboxylic acids is 1. The molecule has 0 saturated carbocycles. The molecule has 20 heavy (non-hydrogen) atoms. The van der Waals surface area contributed by atoms with Crippen molar-refractivity contribution in [3.05, 3.63) is 29.8 Å². The number of carbonyl (C=O) groups excluding carboxylic acids is 2. The maximum absolute atomic E-state index is 12.3. The van der Waals surface area contributed by atoms with Crippen molar-refractivity contribution in [3.8, 4) is 0 Å². The molecular weight excluding hydrogens is 280 g/mol. The Hall–Kier alpha value is -2.02. The summed E-state index contributed by atoms with van der Waals surface area (Å²) in [6, 6.07) is 6.33. The van der Waals surface area contributed by atoms with E-state index in [1.54, 1.807) is 24.3 Å². The monoisotopic (exact) mass is 294 g/mol. The van der Waals surface area contributed by atoms with Crippen LogP contribution in [0.4, 0.5) is 10.5 Å². The molecule has 2 amide bonds. The van der Waals surface area contributed by atoms with Gasteiger partial charge in [-0.25, -0.2) is 0 Å². The summed E-state index contributed by atoms with van der Waals surface area (Å²) in [6.07, 6.45) is 0. The Morgan fingerprint density at radius 2 is 2.05 bits per heavy atom. The van der Waals surface area contributed by atoms with Gasteiger partial charge < -0.3 is 10.4 Å². The predicted molar refractivity (Wildman–Crippen MR) is 75.9 cm³/mol. The van der Waals surface area contributed by atoms with E-state index in [2.05, 4.69) is 5.32 Å². The second-order valence-electron chi connectivity index (χ2n) is 4.45. The number of thioether (sulfide) groups is 1. The van der Waals surface area contributed by atoms with Crippen LogP contribution in [0.5, 0.6) is 0 Å². The number of carbonyl (C=O) groups is 3. The van der Waals surface area contributed by atoms with Gasteiger partial charge in [0, 0.05) is 11.4 Å². The lowest BCUT2D eigenvalue weighted by Crippen LogP contribution is -2.47. The van der Waals surface area contributed by atoms with Crippen molar-refractivity contribution in [2.75, 3.05) is 17.2 Å². The molecule has 1 aliphatic heterocycles. The van der Waals surface area contributed by atoms with E-state index in [4.69, 9.17) is 5.11 Å². The number of nitrogens with one attached hydrogen (secondary N) is 1. The molecule has 1 aliphatic rings. The number of hydrogen-bond acceptors (Lipinski definition) is 4. The molecule has 1 fully saturated rings. The van der Waals surface area contributed by atoms with Gasteiger partial charge in [-0.1, -0.05) is 29.5 Å². The number of nitrogens with zero attached hydrogens (tertiary/aromatic N) is 1. The molecule has 1 atom stereocenters. The number of amides is 2. The highest BCUT2D eigenvalue weighted by atomic mass is 32.2. The molecule has 0 bridgehead atoms. The number of hydrogen-bond donors (Lipinski definition) is 2. The smallest absolute Gasteiger partial charge is 0.323 e. The summed E-state index contributed by atoms with van der Waals surface area (Å²) in [4.78, 5) is 35.6. The highest BCUT2D eigenvalue weighted by molar-refractivity contribution is 8.14. The SMILES string of the molecule is Cc1ccc(N(CC(=O)O)C(=O)C2CSC(=O)N2)cc1. The molecular formula is C13H14N2O4S. The van der Waals surface area contributed by atoms with E-state index in [9.17, 15) is 14.4 Å². The molecule has 1 aromatic rings. The summed E-state index contributed by atoms with van der Waals surface area (Å²) in [7, 11) is 0. The molecule has 2 rings (SSSR count). The van der Waals surface area contributed by atoms with Crippen LogP contribution < -0.4 is 10.2 Å². The maximum atomic E-state index is 12.3. The molecule has 0 aromatic heterocycles. The molecule has 6 nitrogen and oxygen atoms in total. The van der Waals surface area contributed by atoms with Crippen molar-refractivity contribution in [1.29, 1.82) is 0 Å². The fourth-order valence-corrected chi connectivity index (χ4v) is 2.63. The van der Waals surface area contributed by atoms with Gasteiger partial charge in [-0.2, -0.15) is 0 Å². The van der Waals surface area contributed by atoms with Crippen molar-refractivity contribution in [3.63, 3.8) is 0 Å². The average molecular weight is 294 g/mol. The summed E-state index contributed by atoms with van der Waals surface area (Å²) < 4.78 is 0. The van der Waals surface area contributed by atoms with Gasteiger partial charge in [0.15, 0.2) is 0 Å². The van der Waals surface area contributed by atoms with Gasteiger partial charge in [0.05, 0.1) is 0 Å². The summed E-state index contributed by atoms with van der Waals surface area (Å²) >= 11 is 1.02. The second-order valence-corrected chi connectivity index (χ2v) is 5.44. The van der Waals surface area contributed by atoms with Gasteiger partial charge in [0.25, 0.3) is 11.1 Å². The van der Waals surface area contributed by atoms with Gasteiger partial charge in [0.1, 0.15) is 12.6 Å². The number of benzene rings is 1. The van der Waals surface area contributed by atoms with E-state index >= 15 is 0 Å². The number of rotatable bonds is 4. The van der Waals surface area contributed by atoms with Crippen LogP contribution in [0.2, 0.25) is 0 Å². The van der Waals surface area contributed by atoms with Gasteiger partial charge in [0.2, 0.25) is 0 Å². The minimum atomic E-state index is -1.10. The molecule has 0 spiro atoms. The average Bonchev–Trinajstić information content (AvgIpc) is 2.83. The lowest BCUT2D eigenvalue weighted by atomic mass is 10.2. The first-order valence-electron chi connectivity index (χ1n) is 6.00. The van der Waals surface area contributed by atoms with E-state index in [1.165, 1.54) is 4.90 Å². The normalized spacial score (nSPS) is 17.6. The predicted octanol–water partition coefficient (Wildman–Crippen LogP) is 1.24. The van der Waals surface area contributed by atoms with Crippen molar-refractivity contribution >= 4 is 34.6 Å². The number of carboxylic acid groups (broad SMARTS) is 1. The van der Waals surface area contributed by atoms with Gasteiger partial charge in [-0.3, -0.25) is 19.3 Å². The van der Waals surface area contributed by atoms with Crippen LogP contribution >= 0.6 is 11.8 Å². The topological polar surface area (TPSA) is 86.7 Å². The van der Waals surface area contributed by atoms with Crippen molar-refractivity contribution in [2.45, 2.75) is 13.0 Å². The molecule has 0 aliphatic carbocycles. The van der Waals surface area contributed by atoms with E-state index in [-0.39, 0.29) is 5.24 Å². The highest BCUT2D eigenvalue weighted by Gasteiger charge is 2.32. The van der Waals surface area contributed by atoms with Crippen LogP contribution in [0.15, 0.2) is 24.3 Å². The summed E-state index contributed by atoms with van der Waals surface area (Å²) in [5.41, 5.74) is 1.52. The van der Waals surface area contributed by atoms with Gasteiger partial charge in [-0.15, -0.1) is 0 Å². The maximum Gasteiger partial charge on any atom is 0.323 e. The minimum absolute atomic E-state index is 0.262. The summed E-state index contributed by atoms with van der Waals surface area (Å²) in [6.45, 7) is 1.47. The Kier molecular flexibility index (Phi) is 4.29. The largest absolute Gasteiger partial charge is 0.480 e. The first-order valence-corrected chi connectivity index (χ1v) is 6.99. The Morgan fingerprint density at radius 1 is 1.40 bits per heavy atom. The molecule has 7 heteroatoms. The van der Waals surface area contributed by atoms with Crippen LogP contribution in [0.1, 0.15) is 5.56 Å². The third-order valence-corrected chi connectivity index (χ3v) is 3.76. The number of aliphatic carboxylic acids is 1. The zero-order valence-electron chi connectivity index (χ0n) is 10.8. The van der Waals surface area contributed by atoms with Crippen LogP contribution in [0.25, 0.3) is 0 Å². The third kappa shape index (κ3) is 3.30. The van der Waals surface area contributed by atoms with E-state index in [0.29, 0.717) is 11.4 Å². The van der Waals surface area contributed by atoms with Crippen molar-refractivity contribution in [1.82, 2.24) is 5.32 Å².